The molecule has 176 valence electrons. The fraction of sp³-hybridized carbons (Fsp3) is 0.0667. The lowest BCUT2D eigenvalue weighted by molar-refractivity contribution is 0.0929. The van der Waals surface area contributed by atoms with Gasteiger partial charge in [0.1, 0.15) is 17.9 Å². The number of hydrazone groups is 1. The summed E-state index contributed by atoms with van der Waals surface area (Å²) in [5.74, 6) is 0.669. The Balaban J connectivity index is 1.18. The number of furan rings is 1. The predicted octanol–water partition coefficient (Wildman–Crippen LogP) is 6.38. The van der Waals surface area contributed by atoms with Crippen molar-refractivity contribution in [2.24, 2.45) is 5.10 Å². The van der Waals surface area contributed by atoms with Crippen LogP contribution in [-0.2, 0) is 6.54 Å². The van der Waals surface area contributed by atoms with Gasteiger partial charge in [-0.05, 0) is 41.1 Å². The van der Waals surface area contributed by atoms with Crippen LogP contribution in [0.2, 0.25) is 0 Å². The predicted molar refractivity (Wildman–Crippen MR) is 143 cm³/mol. The first-order chi connectivity index (χ1) is 17.8. The summed E-state index contributed by atoms with van der Waals surface area (Å²) < 4.78 is 13.8. The summed E-state index contributed by atoms with van der Waals surface area (Å²) in [4.78, 5) is 12.7. The van der Waals surface area contributed by atoms with E-state index in [0.29, 0.717) is 18.7 Å². The number of carbonyl (C=O) groups excluding carboxylic acids is 1. The van der Waals surface area contributed by atoms with Crippen molar-refractivity contribution >= 4 is 44.8 Å². The Kier molecular flexibility index (Phi) is 5.68. The van der Waals surface area contributed by atoms with Gasteiger partial charge in [-0.1, -0.05) is 66.7 Å². The lowest BCUT2D eigenvalue weighted by Gasteiger charge is -2.08. The number of fused-ring (bicyclic) bond motifs is 4. The van der Waals surface area contributed by atoms with Gasteiger partial charge in [0.25, 0.3) is 0 Å². The molecule has 2 heterocycles. The first-order valence-corrected chi connectivity index (χ1v) is 11.8. The summed E-state index contributed by atoms with van der Waals surface area (Å²) >= 11 is 0. The van der Waals surface area contributed by atoms with Crippen LogP contribution >= 0.6 is 0 Å². The van der Waals surface area contributed by atoms with E-state index in [1.807, 2.05) is 91.1 Å². The lowest BCUT2D eigenvalue weighted by Crippen LogP contribution is -2.16. The molecule has 6 aromatic rings. The third-order valence-corrected chi connectivity index (χ3v) is 6.18. The highest BCUT2D eigenvalue weighted by atomic mass is 16.5. The lowest BCUT2D eigenvalue weighted by atomic mass is 10.1. The van der Waals surface area contributed by atoms with Gasteiger partial charge in [-0.25, -0.2) is 5.43 Å². The summed E-state index contributed by atoms with van der Waals surface area (Å²) in [7, 11) is 0. The Bertz CT molecular complexity index is 1710. The molecule has 6 rings (SSSR count). The molecule has 2 aromatic heterocycles. The largest absolute Gasteiger partial charge is 0.492 e. The van der Waals surface area contributed by atoms with Gasteiger partial charge in [0.15, 0.2) is 5.76 Å². The summed E-state index contributed by atoms with van der Waals surface area (Å²) in [5.41, 5.74) is 5.25. The quantitative estimate of drug-likeness (QED) is 0.216. The molecule has 36 heavy (non-hydrogen) atoms. The van der Waals surface area contributed by atoms with Gasteiger partial charge in [-0.2, -0.15) is 5.10 Å². The number of aromatic nitrogens is 1. The summed E-state index contributed by atoms with van der Waals surface area (Å²) in [5, 5.41) is 8.31. The van der Waals surface area contributed by atoms with E-state index in [1.54, 1.807) is 12.3 Å². The molecule has 0 aliphatic heterocycles. The van der Waals surface area contributed by atoms with Gasteiger partial charge in [-0.15, -0.1) is 0 Å². The Labute approximate surface area is 207 Å². The SMILES string of the molecule is O=C(N/N=C/c1cn(CCOc2ccccc2)c2ccccc12)c1cc2c(ccc3ccccc32)o1. The van der Waals surface area contributed by atoms with Gasteiger partial charge in [0, 0.05) is 28.0 Å². The number of hydrogen-bond donors (Lipinski definition) is 1. The molecule has 0 bridgehead atoms. The monoisotopic (exact) mass is 473 g/mol. The average molecular weight is 474 g/mol. The van der Waals surface area contributed by atoms with E-state index in [9.17, 15) is 4.79 Å². The highest BCUT2D eigenvalue weighted by molar-refractivity contribution is 6.08. The molecular weight excluding hydrogens is 450 g/mol. The van der Waals surface area contributed by atoms with Crippen LogP contribution < -0.4 is 10.2 Å². The van der Waals surface area contributed by atoms with Gasteiger partial charge >= 0.3 is 5.91 Å². The van der Waals surface area contributed by atoms with E-state index >= 15 is 0 Å². The van der Waals surface area contributed by atoms with E-state index in [0.717, 1.165) is 38.4 Å². The molecule has 6 heteroatoms. The fourth-order valence-corrected chi connectivity index (χ4v) is 4.46. The molecule has 0 unspecified atom stereocenters. The zero-order valence-corrected chi connectivity index (χ0v) is 19.4. The standard InChI is InChI=1S/C30H23N3O3/c34-30(29-18-26-24-11-5-4-8-21(24)14-15-28(26)36-29)32-31-19-22-20-33(27-13-7-6-12-25(22)27)16-17-35-23-9-2-1-3-10-23/h1-15,18-20H,16-17H2,(H,32,34)/b31-19+. The smallest absolute Gasteiger partial charge is 0.307 e. The van der Waals surface area contributed by atoms with Crippen molar-refractivity contribution in [3.8, 4) is 5.75 Å². The number of rotatable bonds is 7. The molecule has 0 spiro atoms. The molecule has 0 saturated carbocycles. The van der Waals surface area contributed by atoms with E-state index in [1.165, 1.54) is 0 Å². The second kappa shape index (κ2) is 9.43. The molecule has 0 saturated heterocycles. The zero-order chi connectivity index (χ0) is 24.3. The van der Waals surface area contributed by atoms with Crippen LogP contribution in [0.4, 0.5) is 0 Å². The molecule has 1 N–H and O–H groups in total. The first-order valence-electron chi connectivity index (χ1n) is 11.8. The summed E-state index contributed by atoms with van der Waals surface area (Å²) in [6, 6.07) is 31.5. The molecule has 0 aliphatic rings. The Morgan fingerprint density at radius 1 is 0.889 bits per heavy atom. The maximum Gasteiger partial charge on any atom is 0.307 e. The number of ether oxygens (including phenoxy) is 1. The molecule has 1 amide bonds. The number of amides is 1. The number of benzene rings is 4. The topological polar surface area (TPSA) is 68.8 Å². The minimum atomic E-state index is -0.397. The van der Waals surface area contributed by atoms with Crippen molar-refractivity contribution in [3.05, 3.63) is 115 Å². The molecule has 0 radical (unpaired) electrons. The molecule has 6 nitrogen and oxygen atoms in total. The second-order valence-corrected chi connectivity index (χ2v) is 8.46. The minimum Gasteiger partial charge on any atom is -0.492 e. The van der Waals surface area contributed by atoms with Crippen molar-refractivity contribution in [1.29, 1.82) is 0 Å². The van der Waals surface area contributed by atoms with Gasteiger partial charge in [0.05, 0.1) is 12.8 Å². The van der Waals surface area contributed by atoms with Crippen molar-refractivity contribution in [2.45, 2.75) is 6.54 Å². The molecule has 0 aliphatic carbocycles. The summed E-state index contributed by atoms with van der Waals surface area (Å²) in [6.45, 7) is 1.22. The van der Waals surface area contributed by atoms with Gasteiger partial charge in [-0.3, -0.25) is 4.79 Å². The van der Waals surface area contributed by atoms with E-state index < -0.39 is 5.91 Å². The number of para-hydroxylation sites is 2. The number of carbonyl (C=O) groups is 1. The molecule has 0 atom stereocenters. The van der Waals surface area contributed by atoms with Gasteiger partial charge < -0.3 is 13.7 Å². The van der Waals surface area contributed by atoms with Crippen LogP contribution in [0.1, 0.15) is 16.1 Å². The van der Waals surface area contributed by atoms with E-state index in [4.69, 9.17) is 9.15 Å². The van der Waals surface area contributed by atoms with Crippen LogP contribution in [0.15, 0.2) is 113 Å². The third-order valence-electron chi connectivity index (χ3n) is 6.18. The number of hydrogen-bond acceptors (Lipinski definition) is 4. The van der Waals surface area contributed by atoms with E-state index in [2.05, 4.69) is 21.2 Å². The van der Waals surface area contributed by atoms with Crippen LogP contribution in [-0.4, -0.2) is 23.3 Å². The number of nitrogens with one attached hydrogen (secondary N) is 1. The van der Waals surface area contributed by atoms with Crippen molar-refractivity contribution in [1.82, 2.24) is 9.99 Å². The average Bonchev–Trinajstić information content (AvgIpc) is 3.52. The first kappa shape index (κ1) is 21.7. The van der Waals surface area contributed by atoms with Crippen molar-refractivity contribution in [2.75, 3.05) is 6.61 Å². The Morgan fingerprint density at radius 2 is 1.67 bits per heavy atom. The third kappa shape index (κ3) is 4.20. The molecular formula is C30H23N3O3. The highest BCUT2D eigenvalue weighted by Gasteiger charge is 2.14. The molecule has 0 fully saturated rings. The normalized spacial score (nSPS) is 11.6. The summed E-state index contributed by atoms with van der Waals surface area (Å²) in [6.07, 6.45) is 3.68. The van der Waals surface area contributed by atoms with Gasteiger partial charge in [0.2, 0.25) is 0 Å². The van der Waals surface area contributed by atoms with Crippen LogP contribution in [0.25, 0.3) is 32.6 Å². The number of nitrogens with zero attached hydrogens (tertiary/aromatic N) is 2. The zero-order valence-electron chi connectivity index (χ0n) is 19.4. The minimum absolute atomic E-state index is 0.221. The maximum absolute atomic E-state index is 12.7. The second-order valence-electron chi connectivity index (χ2n) is 8.46. The molecule has 4 aromatic carbocycles. The van der Waals surface area contributed by atoms with Crippen LogP contribution in [0.3, 0.4) is 0 Å². The van der Waals surface area contributed by atoms with Crippen molar-refractivity contribution < 1.29 is 13.9 Å². The van der Waals surface area contributed by atoms with Crippen molar-refractivity contribution in [3.63, 3.8) is 0 Å². The maximum atomic E-state index is 12.7. The van der Waals surface area contributed by atoms with E-state index in [-0.39, 0.29) is 5.76 Å². The Hall–Kier alpha value is -4.84. The van der Waals surface area contributed by atoms with Crippen LogP contribution in [0.5, 0.6) is 5.75 Å². The van der Waals surface area contributed by atoms with Crippen LogP contribution in [0, 0.1) is 0 Å². The Morgan fingerprint density at radius 3 is 2.56 bits per heavy atom. The fourth-order valence-electron chi connectivity index (χ4n) is 4.46. The highest BCUT2D eigenvalue weighted by Crippen LogP contribution is 2.28.